The van der Waals surface area contributed by atoms with Crippen LogP contribution in [0.25, 0.3) is 49.4 Å². The van der Waals surface area contributed by atoms with Crippen LogP contribution >= 0.6 is 0 Å². The molecule has 8 rings (SSSR count). The van der Waals surface area contributed by atoms with Crippen molar-refractivity contribution in [1.82, 2.24) is 4.57 Å². The van der Waals surface area contributed by atoms with Crippen LogP contribution in [0.15, 0.2) is 170 Å². The number of rotatable bonds is 5. The highest BCUT2D eigenvalue weighted by Crippen LogP contribution is 2.41. The first-order chi connectivity index (χ1) is 20.8. The monoisotopic (exact) mass is 536 g/mol. The van der Waals surface area contributed by atoms with Gasteiger partial charge >= 0.3 is 0 Å². The quantitative estimate of drug-likeness (QED) is 0.212. The molecule has 0 amide bonds. The van der Waals surface area contributed by atoms with Crippen LogP contribution in [0.1, 0.15) is 0 Å². The zero-order valence-corrected chi connectivity index (χ0v) is 23.1. The molecule has 0 N–H and O–H groups in total. The maximum atomic E-state index is 2.38. The SMILES string of the molecule is c1ccc(-c2ccc(N(c3cccc(-n4c5ccccc5c5ccccc54)c3)c3cccc4ccccc34)cc2)cc1. The molecule has 8 aromatic rings. The molecule has 0 fully saturated rings. The van der Waals surface area contributed by atoms with Crippen LogP contribution < -0.4 is 4.90 Å². The molecule has 1 aromatic heterocycles. The fraction of sp³-hybridized carbons (Fsp3) is 0. The Morgan fingerprint density at radius 1 is 0.381 bits per heavy atom. The van der Waals surface area contributed by atoms with E-state index in [0.29, 0.717) is 0 Å². The van der Waals surface area contributed by atoms with Gasteiger partial charge in [-0.25, -0.2) is 0 Å². The third kappa shape index (κ3) is 4.05. The van der Waals surface area contributed by atoms with Crippen molar-refractivity contribution in [3.8, 4) is 16.8 Å². The van der Waals surface area contributed by atoms with Gasteiger partial charge in [-0.15, -0.1) is 0 Å². The molecule has 1 heterocycles. The molecule has 2 nitrogen and oxygen atoms in total. The fourth-order valence-electron chi connectivity index (χ4n) is 6.24. The third-order valence-corrected chi connectivity index (χ3v) is 8.17. The Balaban J connectivity index is 1.34. The highest BCUT2D eigenvalue weighted by atomic mass is 15.1. The van der Waals surface area contributed by atoms with E-state index in [1.54, 1.807) is 0 Å². The summed E-state index contributed by atoms with van der Waals surface area (Å²) in [7, 11) is 0. The van der Waals surface area contributed by atoms with E-state index in [4.69, 9.17) is 0 Å². The van der Waals surface area contributed by atoms with Crippen molar-refractivity contribution in [2.24, 2.45) is 0 Å². The number of fused-ring (bicyclic) bond motifs is 4. The first-order valence-electron chi connectivity index (χ1n) is 14.4. The summed E-state index contributed by atoms with van der Waals surface area (Å²) in [6, 6.07) is 60.9. The minimum atomic E-state index is 1.11. The number of hydrogen-bond acceptors (Lipinski definition) is 1. The van der Waals surface area contributed by atoms with E-state index in [9.17, 15) is 0 Å². The molecule has 7 aromatic carbocycles. The summed E-state index contributed by atoms with van der Waals surface area (Å²) in [5.41, 5.74) is 9.35. The Kier molecular flexibility index (Phi) is 5.82. The van der Waals surface area contributed by atoms with Crippen molar-refractivity contribution in [3.05, 3.63) is 170 Å². The van der Waals surface area contributed by atoms with Crippen LogP contribution in [-0.4, -0.2) is 4.57 Å². The van der Waals surface area contributed by atoms with Gasteiger partial charge in [-0.3, -0.25) is 0 Å². The molecule has 2 heteroatoms. The van der Waals surface area contributed by atoms with Crippen molar-refractivity contribution >= 4 is 49.6 Å². The van der Waals surface area contributed by atoms with Gasteiger partial charge in [0.05, 0.1) is 16.7 Å². The van der Waals surface area contributed by atoms with Gasteiger partial charge in [-0.2, -0.15) is 0 Å². The number of aromatic nitrogens is 1. The van der Waals surface area contributed by atoms with Gasteiger partial charge in [-0.1, -0.05) is 121 Å². The number of para-hydroxylation sites is 2. The van der Waals surface area contributed by atoms with Crippen LogP contribution in [0.5, 0.6) is 0 Å². The normalized spacial score (nSPS) is 11.3. The van der Waals surface area contributed by atoms with Crippen molar-refractivity contribution < 1.29 is 0 Å². The summed E-state index contributed by atoms with van der Waals surface area (Å²) in [4.78, 5) is 2.38. The van der Waals surface area contributed by atoms with Crippen LogP contribution in [-0.2, 0) is 0 Å². The number of anilines is 3. The van der Waals surface area contributed by atoms with Gasteiger partial charge in [0.2, 0.25) is 0 Å². The standard InChI is InChI=1S/C40H28N2/c1-2-12-29(13-3-1)30-24-26-32(27-25-30)41(38-23-10-15-31-14-4-5-18-35(31)38)33-16-11-17-34(28-33)42-39-21-8-6-19-36(39)37-20-7-9-22-40(37)42/h1-28H. The molecular weight excluding hydrogens is 508 g/mol. The average Bonchev–Trinajstić information content (AvgIpc) is 3.40. The van der Waals surface area contributed by atoms with Crippen LogP contribution in [0, 0.1) is 0 Å². The van der Waals surface area contributed by atoms with Gasteiger partial charge in [0.15, 0.2) is 0 Å². The molecule has 0 unspecified atom stereocenters. The predicted octanol–water partition coefficient (Wildman–Crippen LogP) is 11.1. The van der Waals surface area contributed by atoms with Crippen LogP contribution in [0.4, 0.5) is 17.1 Å². The lowest BCUT2D eigenvalue weighted by atomic mass is 10.0. The van der Waals surface area contributed by atoms with E-state index < -0.39 is 0 Å². The summed E-state index contributed by atoms with van der Waals surface area (Å²) in [6.45, 7) is 0. The fourth-order valence-corrected chi connectivity index (χ4v) is 6.24. The Labute approximate surface area is 245 Å². The summed E-state index contributed by atoms with van der Waals surface area (Å²) in [5, 5.41) is 4.97. The van der Waals surface area contributed by atoms with Crippen molar-refractivity contribution in [1.29, 1.82) is 0 Å². The van der Waals surface area contributed by atoms with E-state index in [-0.39, 0.29) is 0 Å². The summed E-state index contributed by atoms with van der Waals surface area (Å²) in [6.07, 6.45) is 0. The zero-order valence-electron chi connectivity index (χ0n) is 23.1. The van der Waals surface area contributed by atoms with Gasteiger partial charge in [0.25, 0.3) is 0 Å². The Hall–Kier alpha value is -5.60. The van der Waals surface area contributed by atoms with Crippen LogP contribution in [0.3, 0.4) is 0 Å². The zero-order chi connectivity index (χ0) is 27.9. The molecule has 0 saturated heterocycles. The van der Waals surface area contributed by atoms with E-state index >= 15 is 0 Å². The second-order valence-electron chi connectivity index (χ2n) is 10.6. The average molecular weight is 537 g/mol. The maximum absolute atomic E-state index is 2.38. The lowest BCUT2D eigenvalue weighted by Gasteiger charge is -2.27. The lowest BCUT2D eigenvalue weighted by Crippen LogP contribution is -2.11. The molecule has 0 aliphatic heterocycles. The van der Waals surface area contributed by atoms with E-state index in [1.165, 1.54) is 43.7 Å². The summed E-state index contributed by atoms with van der Waals surface area (Å²) in [5.74, 6) is 0. The summed E-state index contributed by atoms with van der Waals surface area (Å²) >= 11 is 0. The molecule has 42 heavy (non-hydrogen) atoms. The molecular formula is C40H28N2. The second kappa shape index (κ2) is 10.1. The molecule has 0 radical (unpaired) electrons. The largest absolute Gasteiger partial charge is 0.310 e. The molecule has 0 aliphatic rings. The maximum Gasteiger partial charge on any atom is 0.0541 e. The predicted molar refractivity (Wildman–Crippen MR) is 178 cm³/mol. The van der Waals surface area contributed by atoms with E-state index in [2.05, 4.69) is 179 Å². The first kappa shape index (κ1) is 24.2. The number of nitrogens with zero attached hydrogens (tertiary/aromatic N) is 2. The topological polar surface area (TPSA) is 8.17 Å². The minimum Gasteiger partial charge on any atom is -0.310 e. The number of benzene rings is 7. The Morgan fingerprint density at radius 3 is 1.69 bits per heavy atom. The lowest BCUT2D eigenvalue weighted by molar-refractivity contribution is 1.17. The number of hydrogen-bond donors (Lipinski definition) is 0. The van der Waals surface area contributed by atoms with Crippen molar-refractivity contribution in [2.45, 2.75) is 0 Å². The Morgan fingerprint density at radius 2 is 0.952 bits per heavy atom. The highest BCUT2D eigenvalue weighted by molar-refractivity contribution is 6.09. The van der Waals surface area contributed by atoms with Gasteiger partial charge in [-0.05, 0) is 65.0 Å². The summed E-state index contributed by atoms with van der Waals surface area (Å²) < 4.78 is 2.38. The van der Waals surface area contributed by atoms with Crippen molar-refractivity contribution in [3.63, 3.8) is 0 Å². The molecule has 0 bridgehead atoms. The Bertz CT molecular complexity index is 2130. The third-order valence-electron chi connectivity index (χ3n) is 8.17. The molecule has 0 atom stereocenters. The van der Waals surface area contributed by atoms with E-state index in [0.717, 1.165) is 22.7 Å². The van der Waals surface area contributed by atoms with E-state index in [1.807, 2.05) is 0 Å². The molecule has 198 valence electrons. The van der Waals surface area contributed by atoms with Crippen LogP contribution in [0.2, 0.25) is 0 Å². The molecule has 0 saturated carbocycles. The second-order valence-corrected chi connectivity index (χ2v) is 10.6. The van der Waals surface area contributed by atoms with Gasteiger partial charge in [0, 0.05) is 33.2 Å². The highest BCUT2D eigenvalue weighted by Gasteiger charge is 2.18. The first-order valence-corrected chi connectivity index (χ1v) is 14.4. The smallest absolute Gasteiger partial charge is 0.0541 e. The minimum absolute atomic E-state index is 1.11. The van der Waals surface area contributed by atoms with Crippen molar-refractivity contribution in [2.75, 3.05) is 4.90 Å². The van der Waals surface area contributed by atoms with Gasteiger partial charge in [0.1, 0.15) is 0 Å². The van der Waals surface area contributed by atoms with Gasteiger partial charge < -0.3 is 9.47 Å². The molecule has 0 aliphatic carbocycles. The molecule has 0 spiro atoms.